The lowest BCUT2D eigenvalue weighted by Crippen LogP contribution is -2.39. The number of methoxy groups -OCH3 is 1. The molecule has 0 aliphatic rings. The molecule has 11 nitrogen and oxygen atoms in total. The number of nitrogens with one attached hydrogen (secondary N) is 2. The number of carbonyl (C=O) groups excluding carboxylic acids is 2. The number of Topliss-reactive ketones (excluding diaryl/α,β-unsaturated/α-hetero) is 1. The van der Waals surface area contributed by atoms with E-state index < -0.39 is 36.1 Å². The van der Waals surface area contributed by atoms with Crippen molar-refractivity contribution in [3.63, 3.8) is 0 Å². The van der Waals surface area contributed by atoms with Gasteiger partial charge in [-0.15, -0.1) is 0 Å². The average Bonchev–Trinajstić information content (AvgIpc) is 3.45. The van der Waals surface area contributed by atoms with E-state index in [0.29, 0.717) is 5.75 Å². The smallest absolute Gasteiger partial charge is 0.372 e. The molecule has 0 bridgehead atoms. The van der Waals surface area contributed by atoms with Gasteiger partial charge >= 0.3 is 11.9 Å². The van der Waals surface area contributed by atoms with Gasteiger partial charge in [0, 0.05) is 24.0 Å². The molecule has 0 aliphatic heterocycles. The molecule has 1 atom stereocenters. The standard InChI is InChI=1S/C27H27N3O8S/c1-37-22-6-4-15(18-8-9-39-14-18)10-20(22)26(34)30-19(5-7-24(32)33)13-38-23-12-17(25(28)29)3-2-16(23)11-21(31)27(35)36/h2-4,6,8-10,12,14,19H,5,7,11,13H2,1H3,(H3,28,29)(H,30,34)(H,32,33)(H,35,36). The summed E-state index contributed by atoms with van der Waals surface area (Å²) in [5.41, 5.74) is 8.04. The van der Waals surface area contributed by atoms with Gasteiger partial charge in [0.25, 0.3) is 5.91 Å². The first kappa shape index (κ1) is 28.9. The third-order valence-electron chi connectivity index (χ3n) is 5.75. The number of amides is 1. The monoisotopic (exact) mass is 553 g/mol. The van der Waals surface area contributed by atoms with Crippen molar-refractivity contribution >= 4 is 40.8 Å². The van der Waals surface area contributed by atoms with Gasteiger partial charge < -0.3 is 30.7 Å². The zero-order valence-corrected chi connectivity index (χ0v) is 21.7. The molecule has 3 aromatic rings. The molecule has 204 valence electrons. The van der Waals surface area contributed by atoms with E-state index in [-0.39, 0.29) is 47.7 Å². The number of nitrogens with two attached hydrogens (primary N) is 1. The number of ketones is 1. The summed E-state index contributed by atoms with van der Waals surface area (Å²) in [6.45, 7) is -0.207. The number of rotatable bonds is 14. The molecule has 6 N–H and O–H groups in total. The first-order valence-corrected chi connectivity index (χ1v) is 12.6. The fourth-order valence-corrected chi connectivity index (χ4v) is 4.36. The van der Waals surface area contributed by atoms with Crippen LogP contribution in [0.2, 0.25) is 0 Å². The quantitative estimate of drug-likeness (QED) is 0.113. The Labute approximate surface area is 227 Å². The van der Waals surface area contributed by atoms with Gasteiger partial charge in [-0.3, -0.25) is 19.8 Å². The van der Waals surface area contributed by atoms with E-state index >= 15 is 0 Å². The molecule has 0 aliphatic carbocycles. The minimum Gasteiger partial charge on any atom is -0.496 e. The number of thiophene rings is 1. The predicted molar refractivity (Wildman–Crippen MR) is 144 cm³/mol. The second kappa shape index (κ2) is 13.2. The molecule has 2 aromatic carbocycles. The number of carboxylic acids is 2. The Kier molecular flexibility index (Phi) is 9.76. The van der Waals surface area contributed by atoms with E-state index in [2.05, 4.69) is 5.32 Å². The number of nitrogen functional groups attached to an aromatic ring is 1. The minimum atomic E-state index is -1.61. The number of ether oxygens (including phenoxy) is 2. The Hall–Kier alpha value is -4.71. The van der Waals surface area contributed by atoms with Crippen molar-refractivity contribution in [3.8, 4) is 22.6 Å². The lowest BCUT2D eigenvalue weighted by Gasteiger charge is -2.21. The maximum atomic E-state index is 13.3. The predicted octanol–water partition coefficient (Wildman–Crippen LogP) is 2.95. The summed E-state index contributed by atoms with van der Waals surface area (Å²) in [5.74, 6) is -4.12. The lowest BCUT2D eigenvalue weighted by atomic mass is 10.0. The van der Waals surface area contributed by atoms with Crippen molar-refractivity contribution in [2.75, 3.05) is 13.7 Å². The van der Waals surface area contributed by atoms with Crippen LogP contribution < -0.4 is 20.5 Å². The molecule has 0 radical (unpaired) electrons. The minimum absolute atomic E-state index is 0.0173. The van der Waals surface area contributed by atoms with Crippen LogP contribution in [0.25, 0.3) is 11.1 Å². The Morgan fingerprint density at radius 2 is 1.82 bits per heavy atom. The summed E-state index contributed by atoms with van der Waals surface area (Å²) in [6, 6.07) is 10.6. The van der Waals surface area contributed by atoms with Crippen LogP contribution in [-0.2, 0) is 20.8 Å². The van der Waals surface area contributed by atoms with Gasteiger partial charge in [0.2, 0.25) is 5.78 Å². The van der Waals surface area contributed by atoms with Crippen LogP contribution in [-0.4, -0.2) is 59.4 Å². The Morgan fingerprint density at radius 3 is 2.44 bits per heavy atom. The molecule has 0 fully saturated rings. The van der Waals surface area contributed by atoms with Gasteiger partial charge in [-0.25, -0.2) is 4.79 Å². The number of hydrogen-bond acceptors (Lipinski definition) is 8. The fraction of sp³-hybridized carbons (Fsp3) is 0.222. The van der Waals surface area contributed by atoms with Crippen LogP contribution in [0.1, 0.15) is 34.3 Å². The SMILES string of the molecule is COc1ccc(-c2ccsc2)cc1C(=O)NC(CCC(=O)O)COc1cc(C(=N)N)ccc1CC(=O)C(=O)O. The third-order valence-corrected chi connectivity index (χ3v) is 6.43. The number of aliphatic carboxylic acids is 2. The van der Waals surface area contributed by atoms with Crippen molar-refractivity contribution in [3.05, 3.63) is 69.9 Å². The van der Waals surface area contributed by atoms with E-state index in [9.17, 15) is 24.3 Å². The van der Waals surface area contributed by atoms with Crippen molar-refractivity contribution in [1.29, 1.82) is 5.41 Å². The molecular weight excluding hydrogens is 526 g/mol. The largest absolute Gasteiger partial charge is 0.496 e. The summed E-state index contributed by atoms with van der Waals surface area (Å²) in [5, 5.41) is 32.5. The number of amidine groups is 1. The maximum Gasteiger partial charge on any atom is 0.372 e. The molecule has 12 heteroatoms. The second-order valence-corrected chi connectivity index (χ2v) is 9.26. The maximum absolute atomic E-state index is 13.3. The second-order valence-electron chi connectivity index (χ2n) is 8.48. The van der Waals surface area contributed by atoms with E-state index in [1.54, 1.807) is 12.1 Å². The zero-order chi connectivity index (χ0) is 28.5. The van der Waals surface area contributed by atoms with Crippen molar-refractivity contribution in [2.24, 2.45) is 5.73 Å². The Morgan fingerprint density at radius 1 is 1.05 bits per heavy atom. The summed E-state index contributed by atoms with van der Waals surface area (Å²) in [7, 11) is 1.43. The molecule has 1 heterocycles. The number of benzene rings is 2. The van der Waals surface area contributed by atoms with Crippen LogP contribution >= 0.6 is 11.3 Å². The Balaban J connectivity index is 1.85. The van der Waals surface area contributed by atoms with E-state index in [0.717, 1.165) is 11.1 Å². The van der Waals surface area contributed by atoms with Gasteiger partial charge in [-0.2, -0.15) is 11.3 Å². The first-order chi connectivity index (χ1) is 18.6. The zero-order valence-electron chi connectivity index (χ0n) is 20.9. The van der Waals surface area contributed by atoms with Crippen molar-refractivity contribution < 1.29 is 38.9 Å². The van der Waals surface area contributed by atoms with E-state index in [1.807, 2.05) is 22.9 Å². The summed E-state index contributed by atoms with van der Waals surface area (Å²) in [4.78, 5) is 47.4. The Bertz CT molecular complexity index is 1390. The molecule has 1 amide bonds. The number of carbonyl (C=O) groups is 4. The number of carboxylic acid groups (broad SMARTS) is 2. The van der Waals surface area contributed by atoms with E-state index in [4.69, 9.17) is 25.7 Å². The van der Waals surface area contributed by atoms with Crippen LogP contribution in [0.15, 0.2) is 53.2 Å². The normalized spacial score (nSPS) is 11.3. The van der Waals surface area contributed by atoms with Gasteiger partial charge in [-0.1, -0.05) is 18.2 Å². The van der Waals surface area contributed by atoms with Crippen LogP contribution in [0.3, 0.4) is 0 Å². The molecule has 3 rings (SSSR count). The molecule has 1 unspecified atom stereocenters. The topological polar surface area (TPSA) is 189 Å². The van der Waals surface area contributed by atoms with Crippen molar-refractivity contribution in [1.82, 2.24) is 5.32 Å². The van der Waals surface area contributed by atoms with Crippen molar-refractivity contribution in [2.45, 2.75) is 25.3 Å². The molecule has 1 aromatic heterocycles. The highest BCUT2D eigenvalue weighted by atomic mass is 32.1. The summed E-state index contributed by atoms with van der Waals surface area (Å²) >= 11 is 1.51. The van der Waals surface area contributed by atoms with Gasteiger partial charge in [0.15, 0.2) is 0 Å². The van der Waals surface area contributed by atoms with Crippen LogP contribution in [0.4, 0.5) is 0 Å². The van der Waals surface area contributed by atoms with Crippen LogP contribution in [0, 0.1) is 5.41 Å². The molecule has 39 heavy (non-hydrogen) atoms. The van der Waals surface area contributed by atoms with E-state index in [1.165, 1.54) is 36.6 Å². The molecule has 0 saturated heterocycles. The average molecular weight is 554 g/mol. The highest BCUT2D eigenvalue weighted by Crippen LogP contribution is 2.28. The number of hydrogen-bond donors (Lipinski definition) is 5. The van der Waals surface area contributed by atoms with Gasteiger partial charge in [0.1, 0.15) is 23.9 Å². The lowest BCUT2D eigenvalue weighted by molar-refractivity contribution is -0.148. The molecule has 0 saturated carbocycles. The third kappa shape index (κ3) is 7.89. The highest BCUT2D eigenvalue weighted by Gasteiger charge is 2.22. The summed E-state index contributed by atoms with van der Waals surface area (Å²) < 4.78 is 11.2. The fourth-order valence-electron chi connectivity index (χ4n) is 3.69. The van der Waals surface area contributed by atoms with Crippen LogP contribution in [0.5, 0.6) is 11.5 Å². The van der Waals surface area contributed by atoms with Gasteiger partial charge in [-0.05, 0) is 52.6 Å². The summed E-state index contributed by atoms with van der Waals surface area (Å²) in [6.07, 6.45) is -0.719. The highest BCUT2D eigenvalue weighted by molar-refractivity contribution is 7.08. The molecule has 0 spiro atoms. The first-order valence-electron chi connectivity index (χ1n) is 11.7. The molecular formula is C27H27N3O8S. The van der Waals surface area contributed by atoms with Gasteiger partial charge in [0.05, 0.1) is 18.7 Å².